The Labute approximate surface area is 87.5 Å². The van der Waals surface area contributed by atoms with Gasteiger partial charge in [0.2, 0.25) is 0 Å². The van der Waals surface area contributed by atoms with Crippen LogP contribution in [0, 0.1) is 0 Å². The lowest BCUT2D eigenvalue weighted by molar-refractivity contribution is 0.332. The van der Waals surface area contributed by atoms with Crippen molar-refractivity contribution in [3.63, 3.8) is 0 Å². The third-order valence-corrected chi connectivity index (χ3v) is 3.67. The zero-order chi connectivity index (χ0) is 9.71. The summed E-state index contributed by atoms with van der Waals surface area (Å²) in [6, 6.07) is 0. The molecule has 14 heavy (non-hydrogen) atoms. The quantitative estimate of drug-likeness (QED) is 0.497. The van der Waals surface area contributed by atoms with Crippen LogP contribution in [0.15, 0.2) is 9.95 Å². The van der Waals surface area contributed by atoms with Crippen LogP contribution in [0.3, 0.4) is 0 Å². The summed E-state index contributed by atoms with van der Waals surface area (Å²) in [6.07, 6.45) is 0. The molecule has 2 aliphatic rings. The zero-order valence-corrected chi connectivity index (χ0v) is 8.56. The van der Waals surface area contributed by atoms with Crippen molar-refractivity contribution in [1.29, 1.82) is 0 Å². The van der Waals surface area contributed by atoms with E-state index in [9.17, 15) is 10.0 Å². The molecule has 0 bridgehead atoms. The van der Waals surface area contributed by atoms with Crippen LogP contribution in [0.2, 0.25) is 0 Å². The van der Waals surface area contributed by atoms with Gasteiger partial charge in [-0.1, -0.05) is 11.8 Å². The molecule has 0 atom stereocenters. The van der Waals surface area contributed by atoms with E-state index in [4.69, 9.17) is 0 Å². The number of nitrogens with zero attached hydrogens (tertiary/aromatic N) is 3. The van der Waals surface area contributed by atoms with Crippen LogP contribution in [0.25, 0.3) is 0 Å². The van der Waals surface area contributed by atoms with Gasteiger partial charge in [0.1, 0.15) is 0 Å². The monoisotopic (exact) mass is 230 g/mol. The van der Waals surface area contributed by atoms with Crippen LogP contribution in [-0.2, 0) is 6.54 Å². The first kappa shape index (κ1) is 8.45. The minimum atomic E-state index is -0.185. The molecular formula is C6H6N4O2S2. The molecule has 1 aromatic heterocycles. The molecule has 3 heterocycles. The third-order valence-electron chi connectivity index (χ3n) is 2.08. The highest BCUT2D eigenvalue weighted by atomic mass is 32.2. The van der Waals surface area contributed by atoms with Gasteiger partial charge in [-0.15, -0.1) is 0 Å². The lowest BCUT2D eigenvalue weighted by atomic mass is 10.4. The number of thioether (sulfide) groups is 1. The first-order chi connectivity index (χ1) is 6.77. The first-order valence-corrected chi connectivity index (χ1v) is 5.73. The number of nitrogens with one attached hydrogen (secondary N) is 1. The standard InChI is InChI=1S/C6H6N4O2S2/c11-5-3-4(8-14-10(3)12)7-6-9(5)1-2-13-6/h8,12H,1-2H2. The summed E-state index contributed by atoms with van der Waals surface area (Å²) in [5.41, 5.74) is 0.0382. The Morgan fingerprint density at radius 3 is 3.29 bits per heavy atom. The van der Waals surface area contributed by atoms with Gasteiger partial charge >= 0.3 is 0 Å². The molecule has 2 aliphatic heterocycles. The summed E-state index contributed by atoms with van der Waals surface area (Å²) in [6.45, 7) is 0.664. The summed E-state index contributed by atoms with van der Waals surface area (Å²) in [7, 11) is 0. The van der Waals surface area contributed by atoms with Gasteiger partial charge < -0.3 is 0 Å². The SMILES string of the molecule is O=c1c2c(nc3n1CCS3)NSN2O. The first-order valence-electron chi connectivity index (χ1n) is 3.97. The molecule has 0 saturated carbocycles. The van der Waals surface area contributed by atoms with Crippen molar-refractivity contribution < 1.29 is 5.21 Å². The molecule has 0 fully saturated rings. The molecule has 74 valence electrons. The predicted octanol–water partition coefficient (Wildman–Crippen LogP) is 0.533. The number of hydrogen-bond acceptors (Lipinski definition) is 7. The maximum absolute atomic E-state index is 11.8. The molecule has 0 aromatic carbocycles. The Balaban J connectivity index is 2.31. The number of anilines is 2. The summed E-state index contributed by atoms with van der Waals surface area (Å²) >= 11 is 2.50. The Kier molecular flexibility index (Phi) is 1.70. The van der Waals surface area contributed by atoms with E-state index in [1.165, 1.54) is 0 Å². The molecule has 1 aromatic rings. The lowest BCUT2D eigenvalue weighted by Crippen LogP contribution is -2.24. The van der Waals surface area contributed by atoms with Crippen molar-refractivity contribution in [3.05, 3.63) is 10.4 Å². The highest BCUT2D eigenvalue weighted by Crippen LogP contribution is 2.35. The Morgan fingerprint density at radius 1 is 1.57 bits per heavy atom. The topological polar surface area (TPSA) is 70.4 Å². The summed E-state index contributed by atoms with van der Waals surface area (Å²) in [5, 5.41) is 10.1. The minimum Gasteiger partial charge on any atom is -0.293 e. The zero-order valence-electron chi connectivity index (χ0n) is 6.93. The van der Waals surface area contributed by atoms with Gasteiger partial charge in [0.15, 0.2) is 16.7 Å². The van der Waals surface area contributed by atoms with E-state index >= 15 is 0 Å². The van der Waals surface area contributed by atoms with Crippen LogP contribution in [0.4, 0.5) is 11.5 Å². The molecule has 3 rings (SSSR count). The molecule has 0 spiro atoms. The van der Waals surface area contributed by atoms with Crippen LogP contribution in [0.1, 0.15) is 0 Å². The van der Waals surface area contributed by atoms with Crippen LogP contribution in [0.5, 0.6) is 0 Å². The third kappa shape index (κ3) is 0.983. The van der Waals surface area contributed by atoms with Crippen LogP contribution >= 0.6 is 23.9 Å². The van der Waals surface area contributed by atoms with Crippen LogP contribution in [-0.4, -0.2) is 20.5 Å². The van der Waals surface area contributed by atoms with Crippen molar-refractivity contribution in [2.24, 2.45) is 0 Å². The second kappa shape index (κ2) is 2.81. The molecule has 0 saturated heterocycles. The number of hydrogen-bond donors (Lipinski definition) is 2. The number of aromatic nitrogens is 2. The highest BCUT2D eigenvalue weighted by Gasteiger charge is 2.28. The molecule has 6 nitrogen and oxygen atoms in total. The molecule has 0 unspecified atom stereocenters. The Hall–Kier alpha value is -0.860. The van der Waals surface area contributed by atoms with Crippen LogP contribution < -0.4 is 14.7 Å². The van der Waals surface area contributed by atoms with Gasteiger partial charge in [0.05, 0.1) is 12.1 Å². The van der Waals surface area contributed by atoms with Crippen molar-refractivity contribution >= 4 is 35.4 Å². The largest absolute Gasteiger partial charge is 0.293 e. The van der Waals surface area contributed by atoms with Gasteiger partial charge in [-0.05, 0) is 0 Å². The van der Waals surface area contributed by atoms with Gasteiger partial charge in [0, 0.05) is 12.3 Å². The number of fused-ring (bicyclic) bond motifs is 2. The second-order valence-electron chi connectivity index (χ2n) is 2.86. The minimum absolute atomic E-state index is 0.185. The maximum Gasteiger partial charge on any atom is 0.283 e. The average molecular weight is 230 g/mol. The number of rotatable bonds is 0. The molecular weight excluding hydrogens is 224 g/mol. The van der Waals surface area contributed by atoms with E-state index < -0.39 is 0 Å². The Bertz CT molecular complexity index is 460. The molecule has 0 radical (unpaired) electrons. The molecule has 0 amide bonds. The fraction of sp³-hybridized carbons (Fsp3) is 0.333. The molecule has 0 aliphatic carbocycles. The van der Waals surface area contributed by atoms with Gasteiger partial charge in [-0.25, -0.2) is 4.98 Å². The van der Waals surface area contributed by atoms with Crippen molar-refractivity contribution in [2.45, 2.75) is 11.7 Å². The smallest absolute Gasteiger partial charge is 0.283 e. The summed E-state index contributed by atoms with van der Waals surface area (Å²) in [5.74, 6) is 1.31. The van der Waals surface area contributed by atoms with E-state index in [0.29, 0.717) is 12.4 Å². The van der Waals surface area contributed by atoms with E-state index in [0.717, 1.165) is 27.5 Å². The van der Waals surface area contributed by atoms with Crippen molar-refractivity contribution in [1.82, 2.24) is 9.55 Å². The summed E-state index contributed by atoms with van der Waals surface area (Å²) in [4.78, 5) is 16.1. The molecule has 2 N–H and O–H groups in total. The van der Waals surface area contributed by atoms with Gasteiger partial charge in [-0.2, -0.15) is 4.47 Å². The second-order valence-corrected chi connectivity index (χ2v) is 4.66. The van der Waals surface area contributed by atoms with Crippen molar-refractivity contribution in [2.75, 3.05) is 14.9 Å². The highest BCUT2D eigenvalue weighted by molar-refractivity contribution is 8.02. The normalized spacial score (nSPS) is 17.9. The van der Waals surface area contributed by atoms with Crippen molar-refractivity contribution in [3.8, 4) is 0 Å². The average Bonchev–Trinajstić information content (AvgIpc) is 2.74. The van der Waals surface area contributed by atoms with E-state index in [2.05, 4.69) is 9.71 Å². The predicted molar refractivity (Wildman–Crippen MR) is 54.7 cm³/mol. The van der Waals surface area contributed by atoms with Gasteiger partial charge in [0.25, 0.3) is 5.56 Å². The summed E-state index contributed by atoms with van der Waals surface area (Å²) < 4.78 is 5.18. The molecule has 8 heteroatoms. The van der Waals surface area contributed by atoms with E-state index in [1.807, 2.05) is 0 Å². The van der Waals surface area contributed by atoms with Gasteiger partial charge in [-0.3, -0.25) is 19.3 Å². The maximum atomic E-state index is 11.8. The fourth-order valence-electron chi connectivity index (χ4n) is 1.44. The van der Waals surface area contributed by atoms with E-state index in [-0.39, 0.29) is 11.2 Å². The lowest BCUT2D eigenvalue weighted by Gasteiger charge is -2.06. The Morgan fingerprint density at radius 2 is 2.43 bits per heavy atom. The fourth-order valence-corrected chi connectivity index (χ4v) is 2.95. The van der Waals surface area contributed by atoms with E-state index in [1.54, 1.807) is 16.3 Å².